The van der Waals surface area contributed by atoms with Crippen molar-refractivity contribution in [2.24, 2.45) is 0 Å². The molecule has 0 unspecified atom stereocenters. The van der Waals surface area contributed by atoms with Gasteiger partial charge in [0.25, 0.3) is 0 Å². The Morgan fingerprint density at radius 2 is 1.85 bits per heavy atom. The van der Waals surface area contributed by atoms with Crippen LogP contribution >= 0.6 is 0 Å². The van der Waals surface area contributed by atoms with Crippen LogP contribution in [0.2, 0.25) is 0 Å². The molecule has 0 aliphatic rings. The number of carbonyl (C=O) groups is 1. The third-order valence-electron chi connectivity index (χ3n) is 2.52. The molecule has 0 fully saturated rings. The summed E-state index contributed by atoms with van der Waals surface area (Å²) in [6, 6.07) is 3.77. The minimum Gasteiger partial charge on any atom is -0.294 e. The third-order valence-corrected chi connectivity index (χ3v) is 3.62. The molecule has 0 atom stereocenters. The quantitative estimate of drug-likeness (QED) is 0.870. The fourth-order valence-corrected chi connectivity index (χ4v) is 2.00. The topological polar surface area (TPSA) is 63.2 Å². The van der Waals surface area contributed by atoms with Crippen LogP contribution in [0.25, 0.3) is 0 Å². The van der Waals surface area contributed by atoms with Crippen molar-refractivity contribution in [2.75, 3.05) is 4.72 Å². The lowest BCUT2D eigenvalue weighted by molar-refractivity contribution is -0.0429. The predicted molar refractivity (Wildman–Crippen MR) is 67.8 cm³/mol. The van der Waals surface area contributed by atoms with Gasteiger partial charge in [0.05, 0.1) is 5.69 Å². The molecule has 2 radical (unpaired) electrons. The Kier molecular flexibility index (Phi) is 4.48. The molecule has 0 heterocycles. The van der Waals surface area contributed by atoms with E-state index in [4.69, 9.17) is 6.92 Å². The van der Waals surface area contributed by atoms with E-state index < -0.39 is 27.0 Å². The molecule has 20 heavy (non-hydrogen) atoms. The second-order valence-corrected chi connectivity index (χ2v) is 6.05. The molecule has 1 N–H and O–H groups in total. The fourth-order valence-electron chi connectivity index (χ4n) is 1.42. The zero-order valence-electron chi connectivity index (χ0n) is 10.7. The third kappa shape index (κ3) is 3.50. The Hall–Kier alpha value is -1.57. The van der Waals surface area contributed by atoms with Gasteiger partial charge in [0, 0.05) is 12.5 Å². The Balaban J connectivity index is 3.30. The summed E-state index contributed by atoms with van der Waals surface area (Å²) in [6.45, 7) is 8.67. The van der Waals surface area contributed by atoms with Gasteiger partial charge in [-0.3, -0.25) is 9.52 Å². The lowest BCUT2D eigenvalue weighted by atomic mass is 9.98. The van der Waals surface area contributed by atoms with Crippen LogP contribution < -0.4 is 4.72 Å². The van der Waals surface area contributed by atoms with Crippen molar-refractivity contribution in [2.45, 2.75) is 25.3 Å². The molecule has 1 aromatic rings. The molecule has 110 valence electrons. The van der Waals surface area contributed by atoms with Gasteiger partial charge in [-0.1, -0.05) is 19.9 Å². The normalized spacial score (nSPS) is 12.6. The number of benzene rings is 1. The molecule has 0 bridgehead atoms. The van der Waals surface area contributed by atoms with E-state index in [0.717, 1.165) is 6.07 Å². The van der Waals surface area contributed by atoms with Crippen molar-refractivity contribution >= 4 is 21.5 Å². The van der Waals surface area contributed by atoms with E-state index in [1.807, 2.05) is 0 Å². The summed E-state index contributed by atoms with van der Waals surface area (Å²) in [5, 5.41) is 0. The van der Waals surface area contributed by atoms with Gasteiger partial charge < -0.3 is 0 Å². The number of halogens is 3. The molecule has 4 nitrogen and oxygen atoms in total. The van der Waals surface area contributed by atoms with E-state index in [-0.39, 0.29) is 11.5 Å². The van der Waals surface area contributed by atoms with Gasteiger partial charge in [-0.25, -0.2) is 0 Å². The Morgan fingerprint density at radius 1 is 1.30 bits per heavy atom. The number of alkyl halides is 3. The van der Waals surface area contributed by atoms with Gasteiger partial charge in [0.2, 0.25) is 0 Å². The molecule has 1 aromatic carbocycles. The highest BCUT2D eigenvalue weighted by Crippen LogP contribution is 2.29. The molecule has 8 heteroatoms. The zero-order chi connectivity index (χ0) is 15.7. The SMILES string of the molecule is [CH]C(=O)c1cc(C(C)C)ccc1NS(=O)(=O)C(F)(F)F. The first-order chi connectivity index (χ1) is 8.95. The number of Topliss-reactive ketones (excluding diaryl/α,β-unsaturated/α-hetero) is 1. The summed E-state index contributed by atoms with van der Waals surface area (Å²) < 4.78 is 60.3. The van der Waals surface area contributed by atoms with Crippen LogP contribution in [0, 0.1) is 6.92 Å². The van der Waals surface area contributed by atoms with Gasteiger partial charge in [0.15, 0.2) is 5.78 Å². The summed E-state index contributed by atoms with van der Waals surface area (Å²) >= 11 is 0. The maximum atomic E-state index is 12.3. The number of hydrogen-bond donors (Lipinski definition) is 1. The predicted octanol–water partition coefficient (Wildman–Crippen LogP) is 2.97. The molecule has 0 aliphatic carbocycles. The summed E-state index contributed by atoms with van der Waals surface area (Å²) in [4.78, 5) is 11.2. The second-order valence-electron chi connectivity index (χ2n) is 4.38. The van der Waals surface area contributed by atoms with Crippen molar-refractivity contribution in [3.05, 3.63) is 36.2 Å². The Labute approximate surface area is 115 Å². The lowest BCUT2D eigenvalue weighted by Gasteiger charge is -2.15. The largest absolute Gasteiger partial charge is 0.516 e. The zero-order valence-corrected chi connectivity index (χ0v) is 11.5. The standard InChI is InChI=1S/C12H12F3NO3S/c1-7(2)9-4-5-11(10(6-9)8(3)17)16-20(18,19)12(13,14)15/h3-7,16H,1-2H3. The van der Waals surface area contributed by atoms with Crippen LogP contribution in [-0.2, 0) is 10.0 Å². The summed E-state index contributed by atoms with van der Waals surface area (Å²) in [6.07, 6.45) is 0. The van der Waals surface area contributed by atoms with Crippen LogP contribution in [0.4, 0.5) is 18.9 Å². The number of anilines is 1. The number of carbonyl (C=O) groups excluding carboxylic acids is 1. The van der Waals surface area contributed by atoms with E-state index in [2.05, 4.69) is 0 Å². The summed E-state index contributed by atoms with van der Waals surface area (Å²) in [5.74, 6) is -1.02. The maximum absolute atomic E-state index is 12.3. The van der Waals surface area contributed by atoms with Gasteiger partial charge in [-0.05, 0) is 23.6 Å². The van der Waals surface area contributed by atoms with Crippen LogP contribution in [-0.4, -0.2) is 19.7 Å². The maximum Gasteiger partial charge on any atom is 0.516 e. The first kappa shape index (κ1) is 16.5. The van der Waals surface area contributed by atoms with Crippen LogP contribution in [0.3, 0.4) is 0 Å². The van der Waals surface area contributed by atoms with Gasteiger partial charge in [-0.2, -0.15) is 21.6 Å². The molecule has 0 amide bonds. The highest BCUT2D eigenvalue weighted by atomic mass is 32.2. The average Bonchev–Trinajstić information content (AvgIpc) is 2.26. The van der Waals surface area contributed by atoms with Crippen molar-refractivity contribution in [1.82, 2.24) is 0 Å². The molecule has 0 spiro atoms. The Morgan fingerprint density at radius 3 is 2.25 bits per heavy atom. The second kappa shape index (κ2) is 5.43. The van der Waals surface area contributed by atoms with Crippen LogP contribution in [0.15, 0.2) is 18.2 Å². The smallest absolute Gasteiger partial charge is 0.294 e. The first-order valence-electron chi connectivity index (χ1n) is 5.48. The van der Waals surface area contributed by atoms with Crippen molar-refractivity contribution in [1.29, 1.82) is 0 Å². The van der Waals surface area contributed by atoms with E-state index in [0.29, 0.717) is 5.56 Å². The minimum atomic E-state index is -5.60. The molecular formula is C12H12F3NO3S. The van der Waals surface area contributed by atoms with Gasteiger partial charge in [-0.15, -0.1) is 0 Å². The monoisotopic (exact) mass is 307 g/mol. The number of ketones is 1. The van der Waals surface area contributed by atoms with E-state index in [1.54, 1.807) is 13.8 Å². The van der Waals surface area contributed by atoms with Gasteiger partial charge in [0.1, 0.15) is 0 Å². The number of nitrogens with one attached hydrogen (secondary N) is 1. The molecule has 0 saturated carbocycles. The lowest BCUT2D eigenvalue weighted by Crippen LogP contribution is -2.30. The van der Waals surface area contributed by atoms with Crippen molar-refractivity contribution < 1.29 is 26.4 Å². The van der Waals surface area contributed by atoms with Crippen LogP contribution in [0.5, 0.6) is 0 Å². The summed E-state index contributed by atoms with van der Waals surface area (Å²) in [5.41, 5.74) is -5.64. The highest BCUT2D eigenvalue weighted by Gasteiger charge is 2.46. The van der Waals surface area contributed by atoms with Gasteiger partial charge >= 0.3 is 15.5 Å². The minimum absolute atomic E-state index is 0.00127. The number of sulfonamides is 1. The number of hydrogen-bond acceptors (Lipinski definition) is 3. The van der Waals surface area contributed by atoms with Crippen molar-refractivity contribution in [3.8, 4) is 0 Å². The highest BCUT2D eigenvalue weighted by molar-refractivity contribution is 7.93. The fraction of sp³-hybridized carbons (Fsp3) is 0.333. The first-order valence-corrected chi connectivity index (χ1v) is 6.97. The van der Waals surface area contributed by atoms with E-state index >= 15 is 0 Å². The molecule has 1 rings (SSSR count). The Bertz CT molecular complexity index is 621. The molecule has 0 saturated heterocycles. The molecule has 0 aromatic heterocycles. The van der Waals surface area contributed by atoms with Crippen LogP contribution in [0.1, 0.15) is 35.7 Å². The van der Waals surface area contributed by atoms with Crippen molar-refractivity contribution in [3.63, 3.8) is 0 Å². The number of rotatable bonds is 4. The molecule has 0 aliphatic heterocycles. The van der Waals surface area contributed by atoms with E-state index in [1.165, 1.54) is 16.9 Å². The van der Waals surface area contributed by atoms with E-state index in [9.17, 15) is 26.4 Å². The summed E-state index contributed by atoms with van der Waals surface area (Å²) in [7, 11) is -5.60. The molecular weight excluding hydrogens is 295 g/mol. The average molecular weight is 307 g/mol.